The summed E-state index contributed by atoms with van der Waals surface area (Å²) < 4.78 is 5.32. The molecule has 2 aromatic heterocycles. The largest absolute Gasteiger partial charge is 0.468 e. The molecule has 4 heterocycles. The van der Waals surface area contributed by atoms with E-state index in [4.69, 9.17) is 9.40 Å². The Balaban J connectivity index is 1.30. The van der Waals surface area contributed by atoms with Crippen LogP contribution in [0.25, 0.3) is 0 Å². The molecule has 1 atom stereocenters. The van der Waals surface area contributed by atoms with Crippen LogP contribution < -0.4 is 10.6 Å². The van der Waals surface area contributed by atoms with Crippen LogP contribution in [0.15, 0.2) is 34.9 Å². The first-order chi connectivity index (χ1) is 16.0. The van der Waals surface area contributed by atoms with E-state index in [1.54, 1.807) is 18.0 Å². The summed E-state index contributed by atoms with van der Waals surface area (Å²) in [7, 11) is 0. The SMILES string of the molecule is Cc1ccc(C(=O)NCCSCc2ccco2)c(C2CCN(C(=O)[C@@H]3CCC(=O)N3)CC2)n1. The van der Waals surface area contributed by atoms with Crippen molar-refractivity contribution in [2.45, 2.75) is 50.3 Å². The van der Waals surface area contributed by atoms with Gasteiger partial charge in [-0.3, -0.25) is 19.4 Å². The van der Waals surface area contributed by atoms with Gasteiger partial charge in [-0.2, -0.15) is 11.8 Å². The highest BCUT2D eigenvalue weighted by molar-refractivity contribution is 7.98. The molecule has 2 fully saturated rings. The fourth-order valence-electron chi connectivity index (χ4n) is 4.37. The number of rotatable bonds is 8. The van der Waals surface area contributed by atoms with Crippen molar-refractivity contribution < 1.29 is 18.8 Å². The highest BCUT2D eigenvalue weighted by atomic mass is 32.2. The maximum Gasteiger partial charge on any atom is 0.253 e. The van der Waals surface area contributed by atoms with E-state index in [9.17, 15) is 14.4 Å². The van der Waals surface area contributed by atoms with Crippen LogP contribution in [0.3, 0.4) is 0 Å². The number of aryl methyl sites for hydroxylation is 1. The van der Waals surface area contributed by atoms with Crippen molar-refractivity contribution in [1.82, 2.24) is 20.5 Å². The topological polar surface area (TPSA) is 105 Å². The summed E-state index contributed by atoms with van der Waals surface area (Å²) in [5, 5.41) is 5.77. The zero-order chi connectivity index (χ0) is 23.2. The molecular weight excluding hydrogens is 440 g/mol. The molecule has 0 spiro atoms. The lowest BCUT2D eigenvalue weighted by Crippen LogP contribution is -2.47. The van der Waals surface area contributed by atoms with Crippen LogP contribution in [0.5, 0.6) is 0 Å². The summed E-state index contributed by atoms with van der Waals surface area (Å²) in [4.78, 5) is 43.6. The number of likely N-dealkylation sites (tertiary alicyclic amines) is 1. The fourth-order valence-corrected chi connectivity index (χ4v) is 5.13. The number of amides is 3. The zero-order valence-electron chi connectivity index (χ0n) is 18.8. The van der Waals surface area contributed by atoms with Gasteiger partial charge in [-0.25, -0.2) is 0 Å². The van der Waals surface area contributed by atoms with Crippen molar-refractivity contribution in [2.24, 2.45) is 0 Å². The number of pyridine rings is 1. The molecule has 0 unspecified atom stereocenters. The highest BCUT2D eigenvalue weighted by Crippen LogP contribution is 2.30. The number of thioether (sulfide) groups is 1. The van der Waals surface area contributed by atoms with Crippen LogP contribution in [-0.2, 0) is 15.3 Å². The van der Waals surface area contributed by atoms with E-state index in [1.807, 2.05) is 36.1 Å². The lowest BCUT2D eigenvalue weighted by atomic mass is 9.89. The van der Waals surface area contributed by atoms with Gasteiger partial charge in [0.05, 0.1) is 23.3 Å². The normalized spacial score (nSPS) is 18.9. The minimum Gasteiger partial charge on any atom is -0.468 e. The molecule has 0 bridgehead atoms. The molecule has 2 saturated heterocycles. The van der Waals surface area contributed by atoms with Crippen LogP contribution in [-0.4, -0.2) is 59.0 Å². The smallest absolute Gasteiger partial charge is 0.253 e. The highest BCUT2D eigenvalue weighted by Gasteiger charge is 2.34. The summed E-state index contributed by atoms with van der Waals surface area (Å²) in [6, 6.07) is 7.15. The van der Waals surface area contributed by atoms with Crippen molar-refractivity contribution in [3.63, 3.8) is 0 Å². The van der Waals surface area contributed by atoms with Crippen molar-refractivity contribution in [1.29, 1.82) is 0 Å². The lowest BCUT2D eigenvalue weighted by Gasteiger charge is -2.33. The van der Waals surface area contributed by atoms with Crippen molar-refractivity contribution in [3.05, 3.63) is 53.2 Å². The minimum absolute atomic E-state index is 0.00140. The van der Waals surface area contributed by atoms with E-state index >= 15 is 0 Å². The van der Waals surface area contributed by atoms with Crippen LogP contribution in [0, 0.1) is 6.92 Å². The number of nitrogens with zero attached hydrogens (tertiary/aromatic N) is 2. The molecular formula is C24H30N4O4S. The molecule has 8 nitrogen and oxygen atoms in total. The molecule has 0 aromatic carbocycles. The number of carbonyl (C=O) groups is 3. The molecule has 2 aliphatic rings. The summed E-state index contributed by atoms with van der Waals surface area (Å²) in [5.41, 5.74) is 2.31. The van der Waals surface area contributed by atoms with E-state index in [0.717, 1.165) is 41.5 Å². The maximum absolute atomic E-state index is 12.9. The van der Waals surface area contributed by atoms with Gasteiger partial charge in [-0.15, -0.1) is 0 Å². The lowest BCUT2D eigenvalue weighted by molar-refractivity contribution is -0.135. The van der Waals surface area contributed by atoms with Gasteiger partial charge in [0.2, 0.25) is 11.8 Å². The zero-order valence-corrected chi connectivity index (χ0v) is 19.7. The molecule has 9 heteroatoms. The number of carbonyl (C=O) groups excluding carboxylic acids is 3. The number of nitrogens with one attached hydrogen (secondary N) is 2. The second-order valence-corrected chi connectivity index (χ2v) is 9.64. The van der Waals surface area contributed by atoms with Crippen LogP contribution in [0.2, 0.25) is 0 Å². The molecule has 4 rings (SSSR count). The average Bonchev–Trinajstić information content (AvgIpc) is 3.50. The Morgan fingerprint density at radius 2 is 2.06 bits per heavy atom. The first-order valence-corrected chi connectivity index (χ1v) is 12.6. The third-order valence-electron chi connectivity index (χ3n) is 6.15. The van der Waals surface area contributed by atoms with E-state index < -0.39 is 6.04 Å². The van der Waals surface area contributed by atoms with Gasteiger partial charge in [-0.05, 0) is 50.5 Å². The summed E-state index contributed by atoms with van der Waals surface area (Å²) in [6.45, 7) is 3.71. The Bertz CT molecular complexity index is 986. The standard InChI is InChI=1S/C24H30N4O4S/c1-16-4-5-19(23(30)25-10-14-33-15-18-3-2-13-32-18)22(26-16)17-8-11-28(12-9-17)24(31)20-6-7-21(29)27-20/h2-5,13,17,20H,6-12,14-15H2,1H3,(H,25,30)(H,27,29)/t20-/m0/s1. The molecule has 2 aliphatic heterocycles. The quantitative estimate of drug-likeness (QED) is 0.575. The molecule has 2 N–H and O–H groups in total. The maximum atomic E-state index is 12.9. The summed E-state index contributed by atoms with van der Waals surface area (Å²) in [5.74, 6) is 2.46. The molecule has 2 aromatic rings. The fraction of sp³-hybridized carbons (Fsp3) is 0.500. The second kappa shape index (κ2) is 10.9. The third kappa shape index (κ3) is 5.96. The Morgan fingerprint density at radius 3 is 2.76 bits per heavy atom. The van der Waals surface area contributed by atoms with Gasteiger partial charge in [0.1, 0.15) is 11.8 Å². The Morgan fingerprint density at radius 1 is 1.24 bits per heavy atom. The number of aromatic nitrogens is 1. The van der Waals surface area contributed by atoms with E-state index in [2.05, 4.69) is 10.6 Å². The van der Waals surface area contributed by atoms with Gasteiger partial charge in [-0.1, -0.05) is 0 Å². The average molecular weight is 471 g/mol. The number of hydrogen-bond acceptors (Lipinski definition) is 6. The van der Waals surface area contributed by atoms with E-state index in [1.165, 1.54) is 0 Å². The van der Waals surface area contributed by atoms with E-state index in [0.29, 0.717) is 38.0 Å². The number of furan rings is 1. The number of piperidine rings is 1. The first kappa shape index (κ1) is 23.4. The van der Waals surface area contributed by atoms with Gasteiger partial charge >= 0.3 is 0 Å². The van der Waals surface area contributed by atoms with Crippen molar-refractivity contribution in [2.75, 3.05) is 25.4 Å². The second-order valence-electron chi connectivity index (χ2n) is 8.53. The van der Waals surface area contributed by atoms with Crippen molar-refractivity contribution >= 4 is 29.5 Å². The van der Waals surface area contributed by atoms with Gasteiger partial charge in [0.25, 0.3) is 5.91 Å². The summed E-state index contributed by atoms with van der Waals surface area (Å²) in [6.07, 6.45) is 4.15. The molecule has 176 valence electrons. The summed E-state index contributed by atoms with van der Waals surface area (Å²) >= 11 is 1.71. The third-order valence-corrected chi connectivity index (χ3v) is 7.13. The predicted molar refractivity (Wildman–Crippen MR) is 126 cm³/mol. The Hall–Kier alpha value is -2.81. The molecule has 0 saturated carbocycles. The predicted octanol–water partition coefficient (Wildman–Crippen LogP) is 2.63. The molecule has 0 radical (unpaired) electrons. The molecule has 3 amide bonds. The first-order valence-electron chi connectivity index (χ1n) is 11.5. The van der Waals surface area contributed by atoms with Gasteiger partial charge in [0, 0.05) is 43.4 Å². The van der Waals surface area contributed by atoms with Gasteiger partial charge in [0.15, 0.2) is 0 Å². The van der Waals surface area contributed by atoms with Crippen LogP contribution >= 0.6 is 11.8 Å². The van der Waals surface area contributed by atoms with Crippen LogP contribution in [0.4, 0.5) is 0 Å². The van der Waals surface area contributed by atoms with Gasteiger partial charge < -0.3 is 20.0 Å². The van der Waals surface area contributed by atoms with Crippen LogP contribution in [0.1, 0.15) is 59.1 Å². The molecule has 33 heavy (non-hydrogen) atoms. The van der Waals surface area contributed by atoms with Crippen molar-refractivity contribution in [3.8, 4) is 0 Å². The molecule has 0 aliphatic carbocycles. The Labute approximate surface area is 197 Å². The van der Waals surface area contributed by atoms with E-state index in [-0.39, 0.29) is 23.6 Å². The minimum atomic E-state index is -0.391. The number of hydrogen-bond donors (Lipinski definition) is 2. The Kier molecular flexibility index (Phi) is 7.69. The monoisotopic (exact) mass is 470 g/mol.